The molecule has 4 rings (SSSR count). The van der Waals surface area contributed by atoms with Gasteiger partial charge in [0.1, 0.15) is 5.76 Å². The summed E-state index contributed by atoms with van der Waals surface area (Å²) in [5.41, 5.74) is 3.97. The van der Waals surface area contributed by atoms with E-state index in [0.29, 0.717) is 12.3 Å². The van der Waals surface area contributed by atoms with E-state index in [1.54, 1.807) is 0 Å². The molecule has 0 radical (unpaired) electrons. The Hall–Kier alpha value is -3.38. The number of carboxylic acid groups (broad SMARTS) is 1. The standard InChI is InChI=1S/C24H24N2O4/c1-16-20(25-23(30-16)18-6-4-3-5-7-18)11-13-26-12-10-19-14-17(8-9-21(19)26)15-22(29-2)24(27)28/h3-10,12,14,22H,11,13,15H2,1-2H3,(H,27,28). The Morgan fingerprint density at radius 2 is 2.00 bits per heavy atom. The Balaban J connectivity index is 1.49. The molecule has 1 unspecified atom stereocenters. The summed E-state index contributed by atoms with van der Waals surface area (Å²) >= 11 is 0. The fraction of sp³-hybridized carbons (Fsp3) is 0.250. The van der Waals surface area contributed by atoms with Gasteiger partial charge in [-0.05, 0) is 48.2 Å². The van der Waals surface area contributed by atoms with Crippen molar-refractivity contribution >= 4 is 16.9 Å². The number of hydrogen-bond acceptors (Lipinski definition) is 4. The van der Waals surface area contributed by atoms with Gasteiger partial charge in [0.05, 0.1) is 5.69 Å². The molecule has 0 aliphatic carbocycles. The van der Waals surface area contributed by atoms with Crippen molar-refractivity contribution < 1.29 is 19.1 Å². The summed E-state index contributed by atoms with van der Waals surface area (Å²) in [6.45, 7) is 2.73. The summed E-state index contributed by atoms with van der Waals surface area (Å²) in [5, 5.41) is 10.3. The molecule has 1 atom stereocenters. The molecule has 6 heteroatoms. The van der Waals surface area contributed by atoms with Gasteiger partial charge in [-0.2, -0.15) is 0 Å². The van der Waals surface area contributed by atoms with E-state index in [4.69, 9.17) is 9.15 Å². The Morgan fingerprint density at radius 3 is 2.73 bits per heavy atom. The van der Waals surface area contributed by atoms with Gasteiger partial charge in [-0.3, -0.25) is 0 Å². The highest BCUT2D eigenvalue weighted by molar-refractivity contribution is 5.81. The number of hydrogen-bond donors (Lipinski definition) is 1. The van der Waals surface area contributed by atoms with Gasteiger partial charge in [-0.15, -0.1) is 0 Å². The van der Waals surface area contributed by atoms with Gasteiger partial charge in [0.25, 0.3) is 0 Å². The van der Waals surface area contributed by atoms with Crippen LogP contribution < -0.4 is 0 Å². The number of carboxylic acids is 1. The number of benzene rings is 2. The molecule has 0 aliphatic heterocycles. The van der Waals surface area contributed by atoms with E-state index in [2.05, 4.69) is 9.55 Å². The van der Waals surface area contributed by atoms with E-state index in [-0.39, 0.29) is 0 Å². The van der Waals surface area contributed by atoms with Crippen LogP contribution in [0.4, 0.5) is 0 Å². The lowest BCUT2D eigenvalue weighted by Gasteiger charge is -2.11. The molecule has 1 N–H and O–H groups in total. The van der Waals surface area contributed by atoms with Gasteiger partial charge in [-0.25, -0.2) is 9.78 Å². The van der Waals surface area contributed by atoms with Crippen LogP contribution in [0.1, 0.15) is 17.0 Å². The summed E-state index contributed by atoms with van der Waals surface area (Å²) in [7, 11) is 1.42. The average molecular weight is 404 g/mol. The summed E-state index contributed by atoms with van der Waals surface area (Å²) in [4.78, 5) is 15.9. The fourth-order valence-corrected chi connectivity index (χ4v) is 3.65. The normalized spacial score (nSPS) is 12.3. The molecule has 4 aromatic rings. The zero-order valence-electron chi connectivity index (χ0n) is 17.0. The maximum atomic E-state index is 11.2. The predicted octanol–water partition coefficient (Wildman–Crippen LogP) is 4.49. The molecular formula is C24H24N2O4. The average Bonchev–Trinajstić information content (AvgIpc) is 3.33. The SMILES string of the molecule is COC(Cc1ccc2c(ccn2CCc2nc(-c3ccccc3)oc2C)c1)C(=O)O. The van der Waals surface area contributed by atoms with Crippen molar-refractivity contribution in [1.82, 2.24) is 9.55 Å². The molecular weight excluding hydrogens is 380 g/mol. The van der Waals surface area contributed by atoms with Gasteiger partial charge in [0, 0.05) is 43.8 Å². The van der Waals surface area contributed by atoms with Crippen LogP contribution in [0.5, 0.6) is 0 Å². The number of aromatic nitrogens is 2. The predicted molar refractivity (Wildman–Crippen MR) is 114 cm³/mol. The second kappa shape index (κ2) is 8.55. The number of methoxy groups -OCH3 is 1. The van der Waals surface area contributed by atoms with Crippen molar-refractivity contribution in [2.75, 3.05) is 7.11 Å². The number of fused-ring (bicyclic) bond motifs is 1. The smallest absolute Gasteiger partial charge is 0.333 e. The van der Waals surface area contributed by atoms with Crippen molar-refractivity contribution in [1.29, 1.82) is 0 Å². The molecule has 0 bridgehead atoms. The second-order valence-corrected chi connectivity index (χ2v) is 7.31. The summed E-state index contributed by atoms with van der Waals surface area (Å²) in [6, 6.07) is 18.0. The third-order valence-electron chi connectivity index (χ3n) is 5.32. The highest BCUT2D eigenvalue weighted by Gasteiger charge is 2.17. The highest BCUT2D eigenvalue weighted by Crippen LogP contribution is 2.23. The summed E-state index contributed by atoms with van der Waals surface area (Å²) < 4.78 is 13.1. The van der Waals surface area contributed by atoms with Gasteiger partial charge >= 0.3 is 5.97 Å². The number of aliphatic carboxylic acids is 1. The molecule has 0 spiro atoms. The molecule has 0 saturated heterocycles. The van der Waals surface area contributed by atoms with Crippen LogP contribution in [0.15, 0.2) is 65.2 Å². The summed E-state index contributed by atoms with van der Waals surface area (Å²) in [5.74, 6) is 0.538. The molecule has 0 fully saturated rings. The molecule has 0 saturated carbocycles. The van der Waals surface area contributed by atoms with Gasteiger partial charge < -0.3 is 18.8 Å². The third-order valence-corrected chi connectivity index (χ3v) is 5.32. The van der Waals surface area contributed by atoms with Crippen LogP contribution in [-0.4, -0.2) is 33.8 Å². The van der Waals surface area contributed by atoms with Crippen molar-refractivity contribution in [3.8, 4) is 11.5 Å². The van der Waals surface area contributed by atoms with Gasteiger partial charge in [0.15, 0.2) is 6.10 Å². The number of ether oxygens (including phenoxy) is 1. The molecule has 0 aliphatic rings. The first-order valence-electron chi connectivity index (χ1n) is 9.90. The number of carbonyl (C=O) groups is 1. The second-order valence-electron chi connectivity index (χ2n) is 7.31. The van der Waals surface area contributed by atoms with E-state index in [1.807, 2.05) is 67.7 Å². The van der Waals surface area contributed by atoms with E-state index in [0.717, 1.165) is 46.4 Å². The minimum absolute atomic E-state index is 0.341. The largest absolute Gasteiger partial charge is 0.479 e. The Labute approximate surface area is 174 Å². The van der Waals surface area contributed by atoms with Crippen molar-refractivity contribution in [2.45, 2.75) is 32.4 Å². The minimum atomic E-state index is -0.951. The first-order chi connectivity index (χ1) is 14.5. The number of aryl methyl sites for hydroxylation is 3. The Bertz CT molecular complexity index is 1160. The van der Waals surface area contributed by atoms with Crippen LogP contribution in [0.25, 0.3) is 22.4 Å². The molecule has 6 nitrogen and oxygen atoms in total. The number of oxazole rings is 1. The lowest BCUT2D eigenvalue weighted by Crippen LogP contribution is -2.24. The molecule has 2 aromatic heterocycles. The van der Waals surface area contributed by atoms with E-state index < -0.39 is 12.1 Å². The van der Waals surface area contributed by atoms with Crippen LogP contribution in [0.2, 0.25) is 0 Å². The molecule has 154 valence electrons. The lowest BCUT2D eigenvalue weighted by atomic mass is 10.1. The first-order valence-corrected chi connectivity index (χ1v) is 9.90. The lowest BCUT2D eigenvalue weighted by molar-refractivity contribution is -0.148. The van der Waals surface area contributed by atoms with Crippen LogP contribution >= 0.6 is 0 Å². The third kappa shape index (κ3) is 4.14. The quantitative estimate of drug-likeness (QED) is 0.468. The number of nitrogens with zero attached hydrogens (tertiary/aromatic N) is 2. The van der Waals surface area contributed by atoms with E-state index in [9.17, 15) is 9.90 Å². The highest BCUT2D eigenvalue weighted by atomic mass is 16.5. The van der Waals surface area contributed by atoms with Crippen LogP contribution in [0.3, 0.4) is 0 Å². The van der Waals surface area contributed by atoms with E-state index >= 15 is 0 Å². The van der Waals surface area contributed by atoms with Crippen LogP contribution in [0, 0.1) is 6.92 Å². The fourth-order valence-electron chi connectivity index (χ4n) is 3.65. The Morgan fingerprint density at radius 1 is 1.20 bits per heavy atom. The first kappa shape index (κ1) is 19.9. The van der Waals surface area contributed by atoms with Crippen molar-refractivity contribution in [3.05, 3.63) is 77.8 Å². The molecule has 0 amide bonds. The topological polar surface area (TPSA) is 77.5 Å². The van der Waals surface area contributed by atoms with Crippen molar-refractivity contribution in [2.24, 2.45) is 0 Å². The van der Waals surface area contributed by atoms with E-state index in [1.165, 1.54) is 7.11 Å². The Kier molecular flexibility index (Phi) is 5.68. The molecule has 2 aromatic carbocycles. The molecule has 30 heavy (non-hydrogen) atoms. The van der Waals surface area contributed by atoms with Gasteiger partial charge in [-0.1, -0.05) is 24.3 Å². The van der Waals surface area contributed by atoms with Crippen molar-refractivity contribution in [3.63, 3.8) is 0 Å². The maximum Gasteiger partial charge on any atom is 0.333 e. The minimum Gasteiger partial charge on any atom is -0.479 e. The monoisotopic (exact) mass is 404 g/mol. The maximum absolute atomic E-state index is 11.2. The van der Waals surface area contributed by atoms with Gasteiger partial charge in [0.2, 0.25) is 5.89 Å². The molecule has 2 heterocycles. The summed E-state index contributed by atoms with van der Waals surface area (Å²) in [6.07, 6.45) is 2.32. The zero-order valence-corrected chi connectivity index (χ0v) is 17.0. The van der Waals surface area contributed by atoms with Crippen LogP contribution in [-0.2, 0) is 28.9 Å². The zero-order chi connectivity index (χ0) is 21.1. The number of rotatable bonds is 8.